The van der Waals surface area contributed by atoms with Gasteiger partial charge in [-0.3, -0.25) is 9.36 Å². The van der Waals surface area contributed by atoms with Gasteiger partial charge in [-0.25, -0.2) is 4.98 Å². The maximum Gasteiger partial charge on any atom is 0.318 e. The van der Waals surface area contributed by atoms with Crippen molar-refractivity contribution in [2.45, 2.75) is 44.9 Å². The third kappa shape index (κ3) is 2.42. The molecule has 5 nitrogen and oxygen atoms in total. The molecule has 26 heavy (non-hydrogen) atoms. The average molecular weight is 350 g/mol. The van der Waals surface area contributed by atoms with Crippen molar-refractivity contribution in [1.29, 1.82) is 0 Å². The summed E-state index contributed by atoms with van der Waals surface area (Å²) in [6.07, 6.45) is 0. The highest BCUT2D eigenvalue weighted by atomic mass is 16.6. The summed E-state index contributed by atoms with van der Waals surface area (Å²) in [6.45, 7) is 7.13. The Morgan fingerprint density at radius 1 is 1.15 bits per heavy atom. The number of nitrogens with zero attached hydrogens (tertiary/aromatic N) is 2. The molecule has 0 saturated carbocycles. The molecule has 5 heteroatoms. The van der Waals surface area contributed by atoms with E-state index in [0.29, 0.717) is 5.82 Å². The first-order valence-electron chi connectivity index (χ1n) is 8.72. The monoisotopic (exact) mass is 350 g/mol. The van der Waals surface area contributed by atoms with E-state index in [1.807, 2.05) is 69.3 Å². The van der Waals surface area contributed by atoms with Crippen LogP contribution in [0.15, 0.2) is 48.5 Å². The minimum atomic E-state index is -1.50. The lowest BCUT2D eigenvalue weighted by atomic mass is 9.82. The number of esters is 1. The van der Waals surface area contributed by atoms with Crippen molar-refractivity contribution in [2.24, 2.45) is 0 Å². The van der Waals surface area contributed by atoms with Gasteiger partial charge in [-0.05, 0) is 45.4 Å². The van der Waals surface area contributed by atoms with E-state index in [0.717, 1.165) is 22.2 Å². The zero-order valence-corrected chi connectivity index (χ0v) is 15.4. The first-order valence-corrected chi connectivity index (χ1v) is 8.72. The van der Waals surface area contributed by atoms with Gasteiger partial charge in [0.15, 0.2) is 5.72 Å². The number of rotatable bonds is 1. The molecule has 0 spiro atoms. The molecule has 0 aliphatic carbocycles. The highest BCUT2D eigenvalue weighted by Crippen LogP contribution is 2.47. The Labute approximate surface area is 152 Å². The molecule has 1 aromatic heterocycles. The van der Waals surface area contributed by atoms with E-state index in [1.165, 1.54) is 0 Å². The van der Waals surface area contributed by atoms with Crippen molar-refractivity contribution in [3.63, 3.8) is 0 Å². The van der Waals surface area contributed by atoms with Crippen LogP contribution in [-0.4, -0.2) is 26.2 Å². The van der Waals surface area contributed by atoms with Gasteiger partial charge < -0.3 is 9.84 Å². The van der Waals surface area contributed by atoms with E-state index in [-0.39, 0.29) is 0 Å². The van der Waals surface area contributed by atoms with Crippen LogP contribution in [0.1, 0.15) is 39.2 Å². The van der Waals surface area contributed by atoms with Gasteiger partial charge in [0.05, 0.1) is 11.0 Å². The molecule has 2 aromatic carbocycles. The third-order valence-corrected chi connectivity index (χ3v) is 4.72. The predicted octanol–water partition coefficient (Wildman–Crippen LogP) is 3.81. The first kappa shape index (κ1) is 16.8. The van der Waals surface area contributed by atoms with Crippen molar-refractivity contribution in [3.8, 4) is 11.4 Å². The fourth-order valence-electron chi connectivity index (χ4n) is 3.75. The van der Waals surface area contributed by atoms with Crippen molar-refractivity contribution in [1.82, 2.24) is 9.55 Å². The summed E-state index contributed by atoms with van der Waals surface area (Å²) in [6, 6.07) is 15.2. The number of carbonyl (C=O) groups is 1. The first-order chi connectivity index (χ1) is 12.2. The summed E-state index contributed by atoms with van der Waals surface area (Å²) in [5.74, 6) is -0.631. The Morgan fingerprint density at radius 3 is 2.54 bits per heavy atom. The van der Waals surface area contributed by atoms with Gasteiger partial charge in [-0.1, -0.05) is 36.4 Å². The number of imidazole rings is 1. The van der Waals surface area contributed by atoms with Crippen molar-refractivity contribution >= 4 is 17.0 Å². The predicted molar refractivity (Wildman–Crippen MR) is 99.6 cm³/mol. The normalized spacial score (nSPS) is 22.0. The van der Waals surface area contributed by atoms with Gasteiger partial charge in [-0.15, -0.1) is 0 Å². The number of benzene rings is 2. The SMILES string of the molecule is CC(C)(C)OC(=O)[C@H]1c2ccccc2-c2nc3ccccc3n2[C@@]1(C)O. The standard InChI is InChI=1S/C21H22N2O3/c1-20(2,3)26-19(24)17-13-9-5-6-10-14(13)18-22-15-11-7-8-12-16(15)23(18)21(17,4)25/h5-12,17,25H,1-4H3/t17-,21+/m1/s1. The lowest BCUT2D eigenvalue weighted by Crippen LogP contribution is -2.45. The Kier molecular flexibility index (Phi) is 3.50. The van der Waals surface area contributed by atoms with E-state index in [4.69, 9.17) is 9.72 Å². The van der Waals surface area contributed by atoms with Crippen LogP contribution in [0.2, 0.25) is 0 Å². The number of aliphatic hydroxyl groups is 1. The van der Waals surface area contributed by atoms with Crippen LogP contribution in [-0.2, 0) is 15.3 Å². The lowest BCUT2D eigenvalue weighted by molar-refractivity contribution is -0.168. The molecular formula is C21H22N2O3. The maximum atomic E-state index is 13.0. The molecule has 0 radical (unpaired) electrons. The number of ether oxygens (including phenoxy) is 1. The van der Waals surface area contributed by atoms with Crippen molar-refractivity contribution in [2.75, 3.05) is 0 Å². The van der Waals surface area contributed by atoms with Crippen LogP contribution >= 0.6 is 0 Å². The summed E-state index contributed by atoms with van der Waals surface area (Å²) < 4.78 is 7.39. The van der Waals surface area contributed by atoms with Gasteiger partial charge in [-0.2, -0.15) is 0 Å². The molecule has 2 heterocycles. The minimum Gasteiger partial charge on any atom is -0.459 e. The van der Waals surface area contributed by atoms with E-state index in [2.05, 4.69) is 0 Å². The molecular weight excluding hydrogens is 328 g/mol. The van der Waals surface area contributed by atoms with E-state index < -0.39 is 23.2 Å². The molecule has 1 aliphatic heterocycles. The quantitative estimate of drug-likeness (QED) is 0.678. The molecule has 4 rings (SSSR count). The molecule has 1 N–H and O–H groups in total. The van der Waals surface area contributed by atoms with Crippen LogP contribution in [0, 0.1) is 0 Å². The van der Waals surface area contributed by atoms with E-state index in [1.54, 1.807) is 11.5 Å². The summed E-state index contributed by atoms with van der Waals surface area (Å²) in [5, 5.41) is 11.5. The molecule has 0 saturated heterocycles. The zero-order chi connectivity index (χ0) is 18.7. The third-order valence-electron chi connectivity index (χ3n) is 4.72. The number of aromatic nitrogens is 2. The topological polar surface area (TPSA) is 64.3 Å². The lowest BCUT2D eigenvalue weighted by Gasteiger charge is -2.40. The smallest absolute Gasteiger partial charge is 0.318 e. The van der Waals surface area contributed by atoms with Gasteiger partial charge in [0.25, 0.3) is 0 Å². The van der Waals surface area contributed by atoms with Crippen LogP contribution in [0.4, 0.5) is 0 Å². The molecule has 2 atom stereocenters. The van der Waals surface area contributed by atoms with Crippen LogP contribution in [0.3, 0.4) is 0 Å². The van der Waals surface area contributed by atoms with Gasteiger partial charge in [0, 0.05) is 5.56 Å². The second kappa shape index (κ2) is 5.42. The Hall–Kier alpha value is -2.66. The van der Waals surface area contributed by atoms with Gasteiger partial charge in [0.1, 0.15) is 17.3 Å². The molecule has 1 aliphatic rings. The van der Waals surface area contributed by atoms with Crippen LogP contribution < -0.4 is 0 Å². The van der Waals surface area contributed by atoms with Crippen molar-refractivity contribution in [3.05, 3.63) is 54.1 Å². The molecule has 0 amide bonds. The molecule has 134 valence electrons. The molecule has 0 unspecified atom stereocenters. The number of carbonyl (C=O) groups excluding carboxylic acids is 1. The maximum absolute atomic E-state index is 13.0. The highest BCUT2D eigenvalue weighted by Gasteiger charge is 2.48. The second-order valence-corrected chi connectivity index (χ2v) is 7.91. The summed E-state index contributed by atoms with van der Waals surface area (Å²) in [7, 11) is 0. The largest absolute Gasteiger partial charge is 0.459 e. The van der Waals surface area contributed by atoms with E-state index in [9.17, 15) is 9.90 Å². The Morgan fingerprint density at radius 2 is 1.81 bits per heavy atom. The van der Waals surface area contributed by atoms with Crippen molar-refractivity contribution < 1.29 is 14.6 Å². The fourth-order valence-corrected chi connectivity index (χ4v) is 3.75. The Balaban J connectivity index is 2.00. The fraction of sp³-hybridized carbons (Fsp3) is 0.333. The van der Waals surface area contributed by atoms with Gasteiger partial charge in [0.2, 0.25) is 0 Å². The molecule has 0 fully saturated rings. The van der Waals surface area contributed by atoms with Crippen LogP contribution in [0.5, 0.6) is 0 Å². The molecule has 0 bridgehead atoms. The molecule has 3 aromatic rings. The summed E-state index contributed by atoms with van der Waals surface area (Å²) >= 11 is 0. The highest BCUT2D eigenvalue weighted by molar-refractivity contribution is 5.89. The number of hydrogen-bond donors (Lipinski definition) is 1. The summed E-state index contributed by atoms with van der Waals surface area (Å²) in [4.78, 5) is 17.8. The minimum absolute atomic E-state index is 0.446. The Bertz CT molecular complexity index is 1010. The zero-order valence-electron chi connectivity index (χ0n) is 15.4. The number of para-hydroxylation sites is 2. The number of fused-ring (bicyclic) bond motifs is 5. The average Bonchev–Trinajstić information content (AvgIpc) is 2.93. The van der Waals surface area contributed by atoms with Gasteiger partial charge >= 0.3 is 5.97 Å². The van der Waals surface area contributed by atoms with Crippen LogP contribution in [0.25, 0.3) is 22.4 Å². The second-order valence-electron chi connectivity index (χ2n) is 7.91. The summed E-state index contributed by atoms with van der Waals surface area (Å²) in [5.41, 5.74) is 1.00. The number of hydrogen-bond acceptors (Lipinski definition) is 4. The van der Waals surface area contributed by atoms with E-state index >= 15 is 0 Å².